The average Bonchev–Trinajstić information content (AvgIpc) is 3.32. The number of carbonyl (C=O) groups is 1. The third kappa shape index (κ3) is 4.79. The van der Waals surface area contributed by atoms with Gasteiger partial charge >= 0.3 is 0 Å². The smallest absolute Gasteiger partial charge is 0.248 e. The lowest BCUT2D eigenvalue weighted by molar-refractivity contribution is 0.0999. The molecule has 0 spiro atoms. The predicted molar refractivity (Wildman–Crippen MR) is 153 cm³/mol. The molecule has 1 amide bonds. The molecule has 1 aliphatic rings. The van der Waals surface area contributed by atoms with E-state index in [9.17, 15) is 4.79 Å². The van der Waals surface area contributed by atoms with Crippen LogP contribution in [0.1, 0.15) is 34.8 Å². The molecule has 4 N–H and O–H groups in total. The molecule has 1 fully saturated rings. The Balaban J connectivity index is 1.54. The number of amides is 1. The van der Waals surface area contributed by atoms with Gasteiger partial charge in [0.15, 0.2) is 0 Å². The summed E-state index contributed by atoms with van der Waals surface area (Å²) in [7, 11) is 2.18. The van der Waals surface area contributed by atoms with Crippen LogP contribution in [-0.4, -0.2) is 60.5 Å². The molecule has 2 aromatic heterocycles. The first-order valence-corrected chi connectivity index (χ1v) is 13.1. The van der Waals surface area contributed by atoms with Gasteiger partial charge in [-0.2, -0.15) is 0 Å². The summed E-state index contributed by atoms with van der Waals surface area (Å²) in [6.45, 7) is 11.3. The molecule has 1 aliphatic heterocycles. The van der Waals surface area contributed by atoms with Crippen LogP contribution >= 0.6 is 0 Å². The fourth-order valence-corrected chi connectivity index (χ4v) is 5.20. The number of likely N-dealkylation sites (N-methyl/N-ethyl adjacent to an activating group) is 1. The summed E-state index contributed by atoms with van der Waals surface area (Å²) >= 11 is 0. The molecule has 0 bridgehead atoms. The van der Waals surface area contributed by atoms with Crippen molar-refractivity contribution in [2.45, 2.75) is 27.2 Å². The molecule has 7 nitrogen and oxygen atoms in total. The number of nitrogens with two attached hydrogens (primary N) is 1. The lowest BCUT2D eigenvalue weighted by atomic mass is 9.93. The first kappa shape index (κ1) is 24.8. The van der Waals surface area contributed by atoms with E-state index in [4.69, 9.17) is 10.7 Å². The van der Waals surface area contributed by atoms with E-state index in [1.165, 1.54) is 11.4 Å². The number of carbonyl (C=O) groups excluding carboxylic acids is 1. The zero-order valence-corrected chi connectivity index (χ0v) is 22.2. The van der Waals surface area contributed by atoms with Crippen molar-refractivity contribution in [1.29, 1.82) is 0 Å². The van der Waals surface area contributed by atoms with E-state index in [0.717, 1.165) is 83.6 Å². The van der Waals surface area contributed by atoms with E-state index in [2.05, 4.69) is 58.3 Å². The van der Waals surface area contributed by atoms with E-state index >= 15 is 0 Å². The van der Waals surface area contributed by atoms with Gasteiger partial charge in [0.1, 0.15) is 5.65 Å². The van der Waals surface area contributed by atoms with E-state index in [1.807, 2.05) is 38.4 Å². The number of nitrogens with zero attached hydrogens (tertiary/aromatic N) is 3. The lowest BCUT2D eigenvalue weighted by Crippen LogP contribution is -2.44. The van der Waals surface area contributed by atoms with E-state index in [-0.39, 0.29) is 0 Å². The van der Waals surface area contributed by atoms with Gasteiger partial charge in [0, 0.05) is 67.2 Å². The number of pyridine rings is 1. The van der Waals surface area contributed by atoms with Crippen LogP contribution in [0.4, 0.5) is 11.4 Å². The quantitative estimate of drug-likeness (QED) is 0.328. The second kappa shape index (κ2) is 10.3. The van der Waals surface area contributed by atoms with Crippen LogP contribution in [0.3, 0.4) is 0 Å². The van der Waals surface area contributed by atoms with E-state index in [0.29, 0.717) is 5.56 Å². The number of aromatic nitrogens is 2. The maximum absolute atomic E-state index is 11.8. The first-order chi connectivity index (χ1) is 17.9. The van der Waals surface area contributed by atoms with Gasteiger partial charge < -0.3 is 25.8 Å². The monoisotopic (exact) mass is 496 g/mol. The van der Waals surface area contributed by atoms with Gasteiger partial charge in [-0.1, -0.05) is 19.1 Å². The van der Waals surface area contributed by atoms with Gasteiger partial charge in [-0.05, 0) is 73.8 Å². The number of benzene rings is 2. The number of hydrogen-bond donors (Lipinski definition) is 3. The van der Waals surface area contributed by atoms with Crippen LogP contribution in [0.15, 0.2) is 48.8 Å². The molecule has 2 aromatic carbocycles. The van der Waals surface area contributed by atoms with Crippen molar-refractivity contribution in [3.63, 3.8) is 0 Å². The van der Waals surface area contributed by atoms with Gasteiger partial charge in [-0.3, -0.25) is 4.79 Å². The SMILES string of the molecule is CCCNc1cc(-c2cnc3[nH]cc(-c4ccc(C(N)=O)c(C)c4C)c3c2)ccc1N1CCN(C)CC1. The summed E-state index contributed by atoms with van der Waals surface area (Å²) in [5, 5.41) is 4.71. The number of primary amides is 1. The average molecular weight is 497 g/mol. The molecule has 3 heterocycles. The molecule has 192 valence electrons. The van der Waals surface area contributed by atoms with Gasteiger partial charge in [0.2, 0.25) is 5.91 Å². The minimum Gasteiger partial charge on any atom is -0.383 e. The molecule has 0 atom stereocenters. The second-order valence-electron chi connectivity index (χ2n) is 10.0. The summed E-state index contributed by atoms with van der Waals surface area (Å²) < 4.78 is 0. The summed E-state index contributed by atoms with van der Waals surface area (Å²) in [5.74, 6) is -0.400. The highest BCUT2D eigenvalue weighted by Crippen LogP contribution is 2.36. The minimum absolute atomic E-state index is 0.400. The molecular weight excluding hydrogens is 460 g/mol. The molecule has 0 saturated carbocycles. The Morgan fingerprint density at radius 1 is 1.03 bits per heavy atom. The highest BCUT2D eigenvalue weighted by atomic mass is 16.1. The number of aromatic amines is 1. The first-order valence-electron chi connectivity index (χ1n) is 13.1. The topological polar surface area (TPSA) is 90.3 Å². The highest BCUT2D eigenvalue weighted by molar-refractivity contribution is 5.99. The summed E-state index contributed by atoms with van der Waals surface area (Å²) in [4.78, 5) is 24.7. The molecule has 7 heteroatoms. The Hall–Kier alpha value is -3.84. The van der Waals surface area contributed by atoms with Crippen LogP contribution in [0.25, 0.3) is 33.3 Å². The zero-order valence-electron chi connectivity index (χ0n) is 22.2. The van der Waals surface area contributed by atoms with Crippen molar-refractivity contribution in [3.8, 4) is 22.3 Å². The van der Waals surface area contributed by atoms with Crippen LogP contribution in [0, 0.1) is 13.8 Å². The van der Waals surface area contributed by atoms with Crippen molar-refractivity contribution in [3.05, 3.63) is 65.5 Å². The Morgan fingerprint density at radius 3 is 2.54 bits per heavy atom. The molecule has 5 rings (SSSR count). The van der Waals surface area contributed by atoms with Gasteiger partial charge in [0.05, 0.1) is 11.4 Å². The van der Waals surface area contributed by atoms with Crippen LogP contribution < -0.4 is 16.0 Å². The Kier molecular flexibility index (Phi) is 6.89. The van der Waals surface area contributed by atoms with Crippen molar-refractivity contribution in [1.82, 2.24) is 14.9 Å². The van der Waals surface area contributed by atoms with Gasteiger partial charge in [-0.25, -0.2) is 4.98 Å². The van der Waals surface area contributed by atoms with Crippen LogP contribution in [0.5, 0.6) is 0 Å². The third-order valence-electron chi connectivity index (χ3n) is 7.61. The van der Waals surface area contributed by atoms with Gasteiger partial charge in [-0.15, -0.1) is 0 Å². The number of rotatable bonds is 7. The van der Waals surface area contributed by atoms with E-state index < -0.39 is 5.91 Å². The molecule has 1 saturated heterocycles. The minimum atomic E-state index is -0.400. The number of H-pyrrole nitrogens is 1. The molecule has 0 aliphatic carbocycles. The van der Waals surface area contributed by atoms with Crippen LogP contribution in [0.2, 0.25) is 0 Å². The highest BCUT2D eigenvalue weighted by Gasteiger charge is 2.19. The normalized spacial score (nSPS) is 14.3. The number of piperazine rings is 1. The van der Waals surface area contributed by atoms with E-state index in [1.54, 1.807) is 0 Å². The fourth-order valence-electron chi connectivity index (χ4n) is 5.20. The standard InChI is InChI=1S/C30H36N6O/c1-5-10-32-27-16-21(6-9-28(27)36-13-11-35(4)12-14-36)22-15-25-26(18-34-30(25)33-17-22)23-7-8-24(29(31)37)20(3)19(23)2/h6-9,15-18,32H,5,10-14H2,1-4H3,(H2,31,37)(H,33,34). The fraction of sp³-hybridized carbons (Fsp3) is 0.333. The molecule has 0 radical (unpaired) electrons. The predicted octanol–water partition coefficient (Wildman–Crippen LogP) is 5.19. The van der Waals surface area contributed by atoms with Crippen molar-refractivity contribution in [2.75, 3.05) is 50.0 Å². The Morgan fingerprint density at radius 2 is 1.81 bits per heavy atom. The Bertz CT molecular complexity index is 1450. The van der Waals surface area contributed by atoms with Crippen molar-refractivity contribution < 1.29 is 4.79 Å². The van der Waals surface area contributed by atoms with Crippen molar-refractivity contribution >= 4 is 28.3 Å². The summed E-state index contributed by atoms with van der Waals surface area (Å²) in [5.41, 5.74) is 15.7. The number of anilines is 2. The molecule has 0 unspecified atom stereocenters. The zero-order chi connectivity index (χ0) is 26.1. The maximum Gasteiger partial charge on any atom is 0.248 e. The lowest BCUT2D eigenvalue weighted by Gasteiger charge is -2.35. The molecule has 37 heavy (non-hydrogen) atoms. The number of hydrogen-bond acceptors (Lipinski definition) is 5. The number of fused-ring (bicyclic) bond motifs is 1. The third-order valence-corrected chi connectivity index (χ3v) is 7.61. The summed E-state index contributed by atoms with van der Waals surface area (Å²) in [6.07, 6.45) is 5.00. The second-order valence-corrected chi connectivity index (χ2v) is 10.0. The van der Waals surface area contributed by atoms with Crippen LogP contribution in [-0.2, 0) is 0 Å². The summed E-state index contributed by atoms with van der Waals surface area (Å²) in [6, 6.07) is 12.7. The molecule has 4 aromatic rings. The number of nitrogens with one attached hydrogen (secondary N) is 2. The van der Waals surface area contributed by atoms with Crippen molar-refractivity contribution in [2.24, 2.45) is 5.73 Å². The van der Waals surface area contributed by atoms with Gasteiger partial charge in [0.25, 0.3) is 0 Å². The Labute approximate surface area is 218 Å². The molecular formula is C30H36N6O. The largest absolute Gasteiger partial charge is 0.383 e. The maximum atomic E-state index is 11.8.